The van der Waals surface area contributed by atoms with E-state index in [0.717, 1.165) is 83.9 Å². The standard InChI is InChI=1S/C30H52O/c1-16-11-22-23(28-19(4)29(5,6)10-9-21(16)28)12-17(2)27-24-14-20(31)15-30(7,8)25(24)13-18(3)26(22)27/h16-28,31H,9-15H2,1-8H3/t16-,17-,18+,19-,20?,21?,22?,23?,24?,25?,26?,27?,28?/m1/s1. The number of aliphatic hydroxyl groups excluding tert-OH is 1. The summed E-state index contributed by atoms with van der Waals surface area (Å²) in [4.78, 5) is 0. The SMILES string of the molecule is C[C@@H]1CC2C(C[C@@H](C)C3C4CC(O)CC(C)(C)C4C[C@H](C)C23)C2C1CCC(C)(C)[C@@H]2C. The molecule has 1 heteroatoms. The van der Waals surface area contributed by atoms with Crippen LogP contribution in [0.5, 0.6) is 0 Å². The molecule has 0 bridgehead atoms. The molecule has 0 heterocycles. The van der Waals surface area contributed by atoms with Crippen LogP contribution in [0.1, 0.15) is 100 Å². The number of hydrogen-bond acceptors (Lipinski definition) is 1. The van der Waals surface area contributed by atoms with Gasteiger partial charge in [-0.25, -0.2) is 0 Å². The molecule has 1 N–H and O–H groups in total. The van der Waals surface area contributed by atoms with Crippen LogP contribution in [0, 0.1) is 81.8 Å². The zero-order valence-electron chi connectivity index (χ0n) is 21.9. The number of aliphatic hydroxyl groups is 1. The summed E-state index contributed by atoms with van der Waals surface area (Å²) in [5, 5.41) is 10.8. The highest BCUT2D eigenvalue weighted by atomic mass is 16.3. The van der Waals surface area contributed by atoms with E-state index in [0.29, 0.717) is 10.8 Å². The van der Waals surface area contributed by atoms with Crippen molar-refractivity contribution in [1.82, 2.24) is 0 Å². The summed E-state index contributed by atoms with van der Waals surface area (Å²) in [6, 6.07) is 0. The van der Waals surface area contributed by atoms with Crippen LogP contribution in [0.2, 0.25) is 0 Å². The maximum Gasteiger partial charge on any atom is 0.0548 e. The van der Waals surface area contributed by atoms with Gasteiger partial charge in [-0.15, -0.1) is 0 Å². The van der Waals surface area contributed by atoms with E-state index in [4.69, 9.17) is 0 Å². The number of fused-ring (bicyclic) bond motifs is 7. The first-order valence-electron chi connectivity index (χ1n) is 14.1. The largest absolute Gasteiger partial charge is 0.393 e. The van der Waals surface area contributed by atoms with Crippen LogP contribution in [0.4, 0.5) is 0 Å². The summed E-state index contributed by atoms with van der Waals surface area (Å²) < 4.78 is 0. The fourth-order valence-corrected chi connectivity index (χ4v) is 11.2. The van der Waals surface area contributed by atoms with Crippen LogP contribution in [0.25, 0.3) is 0 Å². The normalized spacial score (nSPS) is 57.8. The summed E-state index contributed by atoms with van der Waals surface area (Å²) in [6.45, 7) is 20.6. The van der Waals surface area contributed by atoms with Gasteiger partial charge < -0.3 is 5.11 Å². The van der Waals surface area contributed by atoms with Gasteiger partial charge in [0, 0.05) is 0 Å². The molecule has 0 spiro atoms. The molecule has 5 aliphatic rings. The maximum absolute atomic E-state index is 10.8. The van der Waals surface area contributed by atoms with E-state index in [2.05, 4.69) is 55.4 Å². The minimum atomic E-state index is -0.0657. The van der Waals surface area contributed by atoms with Crippen molar-refractivity contribution in [2.24, 2.45) is 81.8 Å². The molecule has 5 saturated carbocycles. The van der Waals surface area contributed by atoms with Gasteiger partial charge in [0.05, 0.1) is 6.10 Å². The van der Waals surface area contributed by atoms with Gasteiger partial charge >= 0.3 is 0 Å². The molecule has 9 unspecified atom stereocenters. The highest BCUT2D eigenvalue weighted by molar-refractivity contribution is 5.09. The first-order chi connectivity index (χ1) is 14.4. The van der Waals surface area contributed by atoms with E-state index in [1.165, 1.54) is 32.1 Å². The molecule has 5 fully saturated rings. The third kappa shape index (κ3) is 3.40. The van der Waals surface area contributed by atoms with Crippen molar-refractivity contribution in [1.29, 1.82) is 0 Å². The molecule has 13 atom stereocenters. The smallest absolute Gasteiger partial charge is 0.0548 e. The summed E-state index contributed by atoms with van der Waals surface area (Å²) in [5.74, 6) is 10.7. The Hall–Kier alpha value is -0.0400. The fraction of sp³-hybridized carbons (Fsp3) is 1.00. The second kappa shape index (κ2) is 7.48. The molecule has 178 valence electrons. The van der Waals surface area contributed by atoms with Crippen LogP contribution < -0.4 is 0 Å². The molecule has 0 aromatic rings. The zero-order valence-corrected chi connectivity index (χ0v) is 21.9. The van der Waals surface area contributed by atoms with Gasteiger partial charge in [0.25, 0.3) is 0 Å². The second-order valence-corrected chi connectivity index (χ2v) is 15.0. The monoisotopic (exact) mass is 428 g/mol. The summed E-state index contributed by atoms with van der Waals surface area (Å²) in [5.41, 5.74) is 0.828. The first-order valence-corrected chi connectivity index (χ1v) is 14.1. The first kappa shape index (κ1) is 22.7. The van der Waals surface area contributed by atoms with Crippen molar-refractivity contribution in [3.8, 4) is 0 Å². The minimum Gasteiger partial charge on any atom is -0.393 e. The molecule has 1 nitrogen and oxygen atoms in total. The third-order valence-corrected chi connectivity index (χ3v) is 12.7. The van der Waals surface area contributed by atoms with Crippen LogP contribution in [0.3, 0.4) is 0 Å². The Bertz CT molecular complexity index is 676. The second-order valence-electron chi connectivity index (χ2n) is 15.0. The van der Waals surface area contributed by atoms with Crippen LogP contribution in [-0.2, 0) is 0 Å². The highest BCUT2D eigenvalue weighted by Crippen LogP contribution is 2.67. The van der Waals surface area contributed by atoms with E-state index in [1.807, 2.05) is 0 Å². The molecular formula is C30H52O. The molecule has 0 amide bonds. The lowest BCUT2D eigenvalue weighted by atomic mass is 9.39. The molecule has 0 aromatic carbocycles. The molecule has 0 radical (unpaired) electrons. The van der Waals surface area contributed by atoms with Gasteiger partial charge in [0.1, 0.15) is 0 Å². The molecule has 0 aromatic heterocycles. The van der Waals surface area contributed by atoms with Crippen molar-refractivity contribution in [2.45, 2.75) is 106 Å². The van der Waals surface area contributed by atoms with Crippen molar-refractivity contribution in [2.75, 3.05) is 0 Å². The van der Waals surface area contributed by atoms with Crippen molar-refractivity contribution in [3.63, 3.8) is 0 Å². The summed E-state index contributed by atoms with van der Waals surface area (Å²) >= 11 is 0. The fourth-order valence-electron chi connectivity index (χ4n) is 11.2. The maximum atomic E-state index is 10.8. The summed E-state index contributed by atoms with van der Waals surface area (Å²) in [7, 11) is 0. The predicted molar refractivity (Wildman–Crippen MR) is 130 cm³/mol. The molecule has 0 aliphatic heterocycles. The van der Waals surface area contributed by atoms with E-state index in [1.54, 1.807) is 0 Å². The molecule has 5 aliphatic carbocycles. The Morgan fingerprint density at radius 1 is 0.613 bits per heavy atom. The molecular weight excluding hydrogens is 376 g/mol. The molecule has 0 saturated heterocycles. The number of hydrogen-bond donors (Lipinski definition) is 1. The molecule has 5 rings (SSSR count). The van der Waals surface area contributed by atoms with Crippen molar-refractivity contribution < 1.29 is 5.11 Å². The molecule has 31 heavy (non-hydrogen) atoms. The van der Waals surface area contributed by atoms with Crippen molar-refractivity contribution in [3.05, 3.63) is 0 Å². The third-order valence-electron chi connectivity index (χ3n) is 12.7. The topological polar surface area (TPSA) is 20.2 Å². The Kier molecular flexibility index (Phi) is 5.49. The van der Waals surface area contributed by atoms with E-state index in [-0.39, 0.29) is 6.10 Å². The van der Waals surface area contributed by atoms with Crippen LogP contribution in [0.15, 0.2) is 0 Å². The van der Waals surface area contributed by atoms with Gasteiger partial charge in [-0.1, -0.05) is 55.4 Å². The Balaban J connectivity index is 1.50. The van der Waals surface area contributed by atoms with Crippen LogP contribution >= 0.6 is 0 Å². The van der Waals surface area contributed by atoms with E-state index >= 15 is 0 Å². The Labute approximate surface area is 193 Å². The Morgan fingerprint density at radius 2 is 1.19 bits per heavy atom. The lowest BCUT2D eigenvalue weighted by Crippen LogP contribution is -2.60. The Morgan fingerprint density at radius 3 is 1.90 bits per heavy atom. The summed E-state index contributed by atoms with van der Waals surface area (Å²) in [6.07, 6.45) is 9.37. The van der Waals surface area contributed by atoms with Crippen LogP contribution in [-0.4, -0.2) is 11.2 Å². The van der Waals surface area contributed by atoms with Gasteiger partial charge in [-0.05, 0) is 127 Å². The quantitative estimate of drug-likeness (QED) is 0.419. The highest BCUT2D eigenvalue weighted by Gasteiger charge is 2.61. The van der Waals surface area contributed by atoms with E-state index in [9.17, 15) is 5.11 Å². The van der Waals surface area contributed by atoms with Gasteiger partial charge in [0.2, 0.25) is 0 Å². The average molecular weight is 429 g/mol. The lowest BCUT2D eigenvalue weighted by molar-refractivity contribution is -0.180. The van der Waals surface area contributed by atoms with Crippen molar-refractivity contribution >= 4 is 0 Å². The lowest BCUT2D eigenvalue weighted by Gasteiger charge is -2.66. The average Bonchev–Trinajstić information content (AvgIpc) is 2.65. The van der Waals surface area contributed by atoms with Gasteiger partial charge in [-0.2, -0.15) is 0 Å². The van der Waals surface area contributed by atoms with Gasteiger partial charge in [0.15, 0.2) is 0 Å². The minimum absolute atomic E-state index is 0.0657. The predicted octanol–water partition coefficient (Wildman–Crippen LogP) is 7.67. The van der Waals surface area contributed by atoms with E-state index < -0.39 is 0 Å². The van der Waals surface area contributed by atoms with Gasteiger partial charge in [-0.3, -0.25) is 0 Å². The number of rotatable bonds is 0. The zero-order chi connectivity index (χ0) is 22.5.